The predicted octanol–water partition coefficient (Wildman–Crippen LogP) is 2.87. The Kier molecular flexibility index (Phi) is 4.49. The van der Waals surface area contributed by atoms with Gasteiger partial charge in [0.15, 0.2) is 0 Å². The Bertz CT molecular complexity index is 419. The molecule has 0 radical (unpaired) electrons. The molecular weight excluding hydrogens is 242 g/mol. The average molecular weight is 263 g/mol. The number of benzene rings is 1. The van der Waals surface area contributed by atoms with Crippen LogP contribution >= 0.6 is 12.2 Å². The minimum absolute atomic E-state index is 0.297. The Hall–Kier alpha value is -0.770. The molecule has 98 valence electrons. The fraction of sp³-hybridized carbons (Fsp3) is 0.533. The number of ether oxygens (including phenoxy) is 1. The van der Waals surface area contributed by atoms with Crippen molar-refractivity contribution in [2.24, 2.45) is 0 Å². The molecule has 1 N–H and O–H groups in total. The Morgan fingerprint density at radius 3 is 2.83 bits per heavy atom. The molecule has 0 amide bonds. The number of nitrogens with one attached hydrogen (secondary N) is 1. The van der Waals surface area contributed by atoms with Gasteiger partial charge in [-0.25, -0.2) is 0 Å². The van der Waals surface area contributed by atoms with E-state index in [0.29, 0.717) is 0 Å². The lowest BCUT2D eigenvalue weighted by Gasteiger charge is -2.38. The summed E-state index contributed by atoms with van der Waals surface area (Å²) in [5.74, 6) is 0. The molecule has 1 atom stereocenters. The minimum Gasteiger partial charge on any atom is -0.367 e. The lowest BCUT2D eigenvalue weighted by Crippen LogP contribution is -2.54. The van der Waals surface area contributed by atoms with Gasteiger partial charge in [-0.05, 0) is 24.5 Å². The SMILES string of the molecule is CCCC1(C(=S)c2ccccc2C)CNCCO1. The average Bonchev–Trinajstić information content (AvgIpc) is 2.40. The number of hydrogen-bond donors (Lipinski definition) is 1. The van der Waals surface area contributed by atoms with Gasteiger partial charge in [0.25, 0.3) is 0 Å². The molecule has 1 aromatic rings. The van der Waals surface area contributed by atoms with Crippen LogP contribution in [-0.2, 0) is 4.74 Å². The van der Waals surface area contributed by atoms with Crippen molar-refractivity contribution in [1.82, 2.24) is 5.32 Å². The lowest BCUT2D eigenvalue weighted by molar-refractivity contribution is -0.0191. The van der Waals surface area contributed by atoms with E-state index in [2.05, 4.69) is 31.3 Å². The van der Waals surface area contributed by atoms with Crippen molar-refractivity contribution < 1.29 is 4.74 Å². The summed E-state index contributed by atoms with van der Waals surface area (Å²) < 4.78 is 6.07. The van der Waals surface area contributed by atoms with Crippen LogP contribution in [0.4, 0.5) is 0 Å². The molecule has 0 bridgehead atoms. The number of thiocarbonyl (C=S) groups is 1. The molecule has 18 heavy (non-hydrogen) atoms. The zero-order chi connectivity index (χ0) is 13.0. The summed E-state index contributed by atoms with van der Waals surface area (Å²) in [7, 11) is 0. The fourth-order valence-corrected chi connectivity index (χ4v) is 3.02. The van der Waals surface area contributed by atoms with E-state index in [9.17, 15) is 0 Å². The quantitative estimate of drug-likeness (QED) is 0.667. The van der Waals surface area contributed by atoms with Crippen molar-refractivity contribution in [2.75, 3.05) is 19.7 Å². The highest BCUT2D eigenvalue weighted by Crippen LogP contribution is 2.27. The van der Waals surface area contributed by atoms with Gasteiger partial charge >= 0.3 is 0 Å². The summed E-state index contributed by atoms with van der Waals surface area (Å²) >= 11 is 5.74. The van der Waals surface area contributed by atoms with Crippen LogP contribution in [0.15, 0.2) is 24.3 Å². The van der Waals surface area contributed by atoms with Crippen LogP contribution < -0.4 is 5.32 Å². The topological polar surface area (TPSA) is 21.3 Å². The monoisotopic (exact) mass is 263 g/mol. The van der Waals surface area contributed by atoms with E-state index in [-0.39, 0.29) is 5.60 Å². The molecule has 1 fully saturated rings. The minimum atomic E-state index is -0.297. The summed E-state index contributed by atoms with van der Waals surface area (Å²) in [5, 5.41) is 3.42. The van der Waals surface area contributed by atoms with Gasteiger partial charge < -0.3 is 10.1 Å². The van der Waals surface area contributed by atoms with Crippen molar-refractivity contribution in [3.8, 4) is 0 Å². The van der Waals surface area contributed by atoms with Crippen molar-refractivity contribution in [2.45, 2.75) is 32.3 Å². The van der Waals surface area contributed by atoms with Crippen LogP contribution in [0.1, 0.15) is 30.9 Å². The van der Waals surface area contributed by atoms with Gasteiger partial charge in [-0.3, -0.25) is 0 Å². The third-order valence-electron chi connectivity index (χ3n) is 3.53. The van der Waals surface area contributed by atoms with Gasteiger partial charge in [0.2, 0.25) is 0 Å². The molecule has 1 unspecified atom stereocenters. The molecule has 1 heterocycles. The highest BCUT2D eigenvalue weighted by molar-refractivity contribution is 7.81. The third-order valence-corrected chi connectivity index (χ3v) is 4.12. The first-order valence-electron chi connectivity index (χ1n) is 6.65. The molecule has 2 nitrogen and oxygen atoms in total. The van der Waals surface area contributed by atoms with E-state index in [4.69, 9.17) is 17.0 Å². The van der Waals surface area contributed by atoms with Crippen LogP contribution in [-0.4, -0.2) is 30.2 Å². The molecule has 2 rings (SSSR count). The van der Waals surface area contributed by atoms with Crippen LogP contribution in [0, 0.1) is 6.92 Å². The third kappa shape index (κ3) is 2.63. The van der Waals surface area contributed by atoms with E-state index < -0.39 is 0 Å². The van der Waals surface area contributed by atoms with Crippen molar-refractivity contribution in [3.63, 3.8) is 0 Å². The number of morpholine rings is 1. The molecule has 1 saturated heterocycles. The highest BCUT2D eigenvalue weighted by Gasteiger charge is 2.37. The molecule has 1 aliphatic heterocycles. The van der Waals surface area contributed by atoms with Crippen LogP contribution in [0.3, 0.4) is 0 Å². The van der Waals surface area contributed by atoms with E-state index >= 15 is 0 Å². The predicted molar refractivity (Wildman–Crippen MR) is 79.3 cm³/mol. The summed E-state index contributed by atoms with van der Waals surface area (Å²) in [6.45, 7) is 6.78. The van der Waals surface area contributed by atoms with Gasteiger partial charge in [-0.15, -0.1) is 0 Å². The molecule has 1 aliphatic rings. The Balaban J connectivity index is 2.31. The smallest absolute Gasteiger partial charge is 0.116 e. The van der Waals surface area contributed by atoms with Gasteiger partial charge in [0.05, 0.1) is 11.5 Å². The number of aryl methyl sites for hydroxylation is 1. The largest absolute Gasteiger partial charge is 0.367 e. The van der Waals surface area contributed by atoms with Crippen LogP contribution in [0.5, 0.6) is 0 Å². The first-order chi connectivity index (χ1) is 8.69. The van der Waals surface area contributed by atoms with Crippen LogP contribution in [0.2, 0.25) is 0 Å². The molecule has 0 spiro atoms. The van der Waals surface area contributed by atoms with Crippen molar-refractivity contribution in [3.05, 3.63) is 35.4 Å². The Labute approximate surface area is 115 Å². The second-order valence-electron chi connectivity index (χ2n) is 4.91. The summed E-state index contributed by atoms with van der Waals surface area (Å²) in [4.78, 5) is 0.953. The first-order valence-corrected chi connectivity index (χ1v) is 7.05. The normalized spacial score (nSPS) is 23.9. The molecule has 1 aromatic carbocycles. The molecule has 0 aliphatic carbocycles. The summed E-state index contributed by atoms with van der Waals surface area (Å²) in [5.41, 5.74) is 2.09. The summed E-state index contributed by atoms with van der Waals surface area (Å²) in [6, 6.07) is 8.31. The first kappa shape index (κ1) is 13.7. The van der Waals surface area contributed by atoms with Gasteiger partial charge in [0, 0.05) is 13.1 Å². The maximum absolute atomic E-state index is 6.07. The second-order valence-corrected chi connectivity index (χ2v) is 5.32. The zero-order valence-electron chi connectivity index (χ0n) is 11.2. The Morgan fingerprint density at radius 1 is 1.44 bits per heavy atom. The van der Waals surface area contributed by atoms with E-state index in [0.717, 1.165) is 43.0 Å². The molecule has 0 aromatic heterocycles. The Morgan fingerprint density at radius 2 is 2.22 bits per heavy atom. The number of rotatable bonds is 4. The van der Waals surface area contributed by atoms with Crippen LogP contribution in [0.25, 0.3) is 0 Å². The standard InChI is InChI=1S/C15H21NOS/c1-3-8-15(11-16-9-10-17-15)14(18)13-7-5-4-6-12(13)2/h4-7,16H,3,8-11H2,1-2H3. The highest BCUT2D eigenvalue weighted by atomic mass is 32.1. The maximum atomic E-state index is 6.07. The molecule has 3 heteroatoms. The number of hydrogen-bond acceptors (Lipinski definition) is 3. The van der Waals surface area contributed by atoms with Gasteiger partial charge in [0.1, 0.15) is 5.60 Å². The molecule has 0 saturated carbocycles. The maximum Gasteiger partial charge on any atom is 0.116 e. The summed E-state index contributed by atoms with van der Waals surface area (Å²) in [6.07, 6.45) is 2.06. The lowest BCUT2D eigenvalue weighted by atomic mass is 9.87. The zero-order valence-corrected chi connectivity index (χ0v) is 12.0. The van der Waals surface area contributed by atoms with E-state index in [1.54, 1.807) is 0 Å². The van der Waals surface area contributed by atoms with E-state index in [1.165, 1.54) is 5.56 Å². The second kappa shape index (κ2) is 5.91. The van der Waals surface area contributed by atoms with Crippen molar-refractivity contribution in [1.29, 1.82) is 0 Å². The molecular formula is C15H21NOS. The fourth-order valence-electron chi connectivity index (χ4n) is 2.56. The van der Waals surface area contributed by atoms with E-state index in [1.807, 2.05) is 12.1 Å². The van der Waals surface area contributed by atoms with Gasteiger partial charge in [-0.1, -0.05) is 49.8 Å². The van der Waals surface area contributed by atoms with Crippen molar-refractivity contribution >= 4 is 17.1 Å². The van der Waals surface area contributed by atoms with Gasteiger partial charge in [-0.2, -0.15) is 0 Å².